The highest BCUT2D eigenvalue weighted by Gasteiger charge is 2.12. The van der Waals surface area contributed by atoms with Gasteiger partial charge >= 0.3 is 0 Å². The van der Waals surface area contributed by atoms with E-state index in [9.17, 15) is 0 Å². The van der Waals surface area contributed by atoms with Crippen molar-refractivity contribution in [3.05, 3.63) is 69.2 Å². The lowest BCUT2D eigenvalue weighted by atomic mass is 9.96. The molecule has 2 aromatic carbocycles. The number of hydrogen-bond acceptors (Lipinski definition) is 1. The molecule has 0 saturated heterocycles. The van der Waals surface area contributed by atoms with Crippen molar-refractivity contribution >= 4 is 15.9 Å². The third kappa shape index (κ3) is 3.68. The fraction of sp³-hybridized carbons (Fsp3) is 0.294. The first-order valence-electron chi connectivity index (χ1n) is 6.59. The van der Waals surface area contributed by atoms with Gasteiger partial charge in [0, 0.05) is 10.5 Å². The van der Waals surface area contributed by atoms with E-state index in [1.165, 1.54) is 26.7 Å². The van der Waals surface area contributed by atoms with E-state index in [1.54, 1.807) is 0 Å². The molecule has 0 fully saturated rings. The first-order valence-corrected chi connectivity index (χ1v) is 7.38. The largest absolute Gasteiger partial charge is 0.313 e. The zero-order valence-electron chi connectivity index (χ0n) is 11.7. The van der Waals surface area contributed by atoms with Crippen LogP contribution in [0, 0.1) is 13.8 Å². The van der Waals surface area contributed by atoms with Crippen LogP contribution < -0.4 is 5.32 Å². The molecule has 2 aromatic rings. The molecule has 19 heavy (non-hydrogen) atoms. The third-order valence-corrected chi connectivity index (χ3v) is 4.15. The van der Waals surface area contributed by atoms with Crippen LogP contribution in [0.5, 0.6) is 0 Å². The van der Waals surface area contributed by atoms with E-state index in [1.807, 2.05) is 7.05 Å². The van der Waals surface area contributed by atoms with Crippen molar-refractivity contribution in [2.24, 2.45) is 0 Å². The number of aryl methyl sites for hydroxylation is 2. The molecule has 1 N–H and O–H groups in total. The van der Waals surface area contributed by atoms with Crippen molar-refractivity contribution in [1.82, 2.24) is 5.32 Å². The highest BCUT2D eigenvalue weighted by atomic mass is 79.9. The van der Waals surface area contributed by atoms with Gasteiger partial charge in [-0.15, -0.1) is 0 Å². The third-order valence-electron chi connectivity index (χ3n) is 3.38. The van der Waals surface area contributed by atoms with Crippen molar-refractivity contribution in [3.63, 3.8) is 0 Å². The Kier molecular flexibility index (Phi) is 4.78. The predicted molar refractivity (Wildman–Crippen MR) is 85.6 cm³/mol. The molecule has 0 spiro atoms. The highest BCUT2D eigenvalue weighted by molar-refractivity contribution is 9.10. The Morgan fingerprint density at radius 2 is 1.68 bits per heavy atom. The van der Waals surface area contributed by atoms with Crippen LogP contribution >= 0.6 is 15.9 Å². The van der Waals surface area contributed by atoms with Crippen molar-refractivity contribution in [3.8, 4) is 0 Å². The van der Waals surface area contributed by atoms with Crippen molar-refractivity contribution in [2.75, 3.05) is 7.05 Å². The smallest absolute Gasteiger partial charge is 0.0358 e. The summed E-state index contributed by atoms with van der Waals surface area (Å²) in [5.41, 5.74) is 5.33. The summed E-state index contributed by atoms with van der Waals surface area (Å²) in [5, 5.41) is 3.43. The highest BCUT2D eigenvalue weighted by Crippen LogP contribution is 2.24. The zero-order valence-corrected chi connectivity index (χ0v) is 13.3. The van der Waals surface area contributed by atoms with E-state index in [-0.39, 0.29) is 0 Å². The molecule has 0 aliphatic carbocycles. The normalized spacial score (nSPS) is 12.4. The molecule has 1 atom stereocenters. The Hall–Kier alpha value is -1.12. The maximum absolute atomic E-state index is 3.63. The van der Waals surface area contributed by atoms with Crippen LogP contribution in [0.4, 0.5) is 0 Å². The molecule has 2 rings (SSSR count). The molecule has 0 heterocycles. The number of benzene rings is 2. The van der Waals surface area contributed by atoms with Gasteiger partial charge in [-0.2, -0.15) is 0 Å². The Labute approximate surface area is 124 Å². The minimum absolute atomic E-state index is 0.345. The van der Waals surface area contributed by atoms with E-state index in [4.69, 9.17) is 0 Å². The molecule has 100 valence electrons. The van der Waals surface area contributed by atoms with E-state index in [2.05, 4.69) is 77.6 Å². The van der Waals surface area contributed by atoms with Gasteiger partial charge in [0.15, 0.2) is 0 Å². The maximum Gasteiger partial charge on any atom is 0.0358 e. The van der Waals surface area contributed by atoms with Gasteiger partial charge in [-0.1, -0.05) is 63.5 Å². The van der Waals surface area contributed by atoms with Crippen LogP contribution in [0.25, 0.3) is 0 Å². The average Bonchev–Trinajstić information content (AvgIpc) is 2.36. The van der Waals surface area contributed by atoms with Crippen LogP contribution in [0.1, 0.15) is 28.3 Å². The minimum atomic E-state index is 0.345. The van der Waals surface area contributed by atoms with Gasteiger partial charge in [0.1, 0.15) is 0 Å². The summed E-state index contributed by atoms with van der Waals surface area (Å²) < 4.78 is 1.18. The van der Waals surface area contributed by atoms with Crippen LogP contribution in [0.2, 0.25) is 0 Å². The van der Waals surface area contributed by atoms with Crippen molar-refractivity contribution in [1.29, 1.82) is 0 Å². The Bertz CT molecular complexity index is 543. The summed E-state index contributed by atoms with van der Waals surface area (Å²) in [6.45, 7) is 4.31. The van der Waals surface area contributed by atoms with Crippen LogP contribution in [0.3, 0.4) is 0 Å². The van der Waals surface area contributed by atoms with Gasteiger partial charge in [0.05, 0.1) is 0 Å². The van der Waals surface area contributed by atoms with Crippen molar-refractivity contribution < 1.29 is 0 Å². The molecule has 0 aromatic heterocycles. The fourth-order valence-corrected chi connectivity index (χ4v) is 2.93. The van der Waals surface area contributed by atoms with Crippen LogP contribution in [-0.4, -0.2) is 7.05 Å². The number of hydrogen-bond donors (Lipinski definition) is 1. The minimum Gasteiger partial charge on any atom is -0.313 e. The second kappa shape index (κ2) is 6.36. The predicted octanol–water partition coefficient (Wildman–Crippen LogP) is 4.57. The van der Waals surface area contributed by atoms with E-state index >= 15 is 0 Å². The number of halogens is 1. The molecular formula is C17H20BrN. The topological polar surface area (TPSA) is 12.0 Å². The lowest BCUT2D eigenvalue weighted by Gasteiger charge is -2.19. The number of rotatable bonds is 4. The van der Waals surface area contributed by atoms with Gasteiger partial charge in [0.25, 0.3) is 0 Å². The van der Waals surface area contributed by atoms with Gasteiger partial charge in [-0.3, -0.25) is 0 Å². The maximum atomic E-state index is 3.63. The summed E-state index contributed by atoms with van der Waals surface area (Å²) in [5.74, 6) is 0. The van der Waals surface area contributed by atoms with Gasteiger partial charge in [-0.05, 0) is 44.5 Å². The molecule has 0 bridgehead atoms. The summed E-state index contributed by atoms with van der Waals surface area (Å²) in [6, 6.07) is 15.5. The molecule has 0 radical (unpaired) electrons. The number of nitrogens with one attached hydrogen (secondary N) is 1. The molecule has 0 aliphatic heterocycles. The van der Waals surface area contributed by atoms with Crippen LogP contribution in [-0.2, 0) is 6.42 Å². The summed E-state index contributed by atoms with van der Waals surface area (Å²) in [6.07, 6.45) is 0.987. The second-order valence-corrected chi connectivity index (χ2v) is 5.91. The molecule has 1 nitrogen and oxygen atoms in total. The Balaban J connectivity index is 2.28. The quantitative estimate of drug-likeness (QED) is 0.871. The van der Waals surface area contributed by atoms with E-state index in [0.29, 0.717) is 6.04 Å². The number of likely N-dealkylation sites (N-methyl/N-ethyl adjacent to an activating group) is 1. The molecule has 0 amide bonds. The standard InChI is InChI=1S/C17H20BrN/c1-12-8-13(2)10-15(9-12)17(19-3)11-14-6-4-5-7-16(14)18/h4-10,17,19H,11H2,1-3H3. The molecule has 2 heteroatoms. The lowest BCUT2D eigenvalue weighted by Crippen LogP contribution is -2.19. The molecule has 0 saturated carbocycles. The first-order chi connectivity index (χ1) is 9.10. The summed E-state index contributed by atoms with van der Waals surface area (Å²) in [7, 11) is 2.03. The second-order valence-electron chi connectivity index (χ2n) is 5.06. The molecule has 0 aliphatic rings. The zero-order chi connectivity index (χ0) is 13.8. The van der Waals surface area contributed by atoms with Crippen molar-refractivity contribution in [2.45, 2.75) is 26.3 Å². The van der Waals surface area contributed by atoms with Crippen LogP contribution in [0.15, 0.2) is 46.9 Å². The first kappa shape index (κ1) is 14.3. The van der Waals surface area contributed by atoms with Gasteiger partial charge < -0.3 is 5.32 Å². The Morgan fingerprint density at radius 3 is 2.26 bits per heavy atom. The average molecular weight is 318 g/mol. The Morgan fingerprint density at radius 1 is 1.05 bits per heavy atom. The molecule has 1 unspecified atom stereocenters. The van der Waals surface area contributed by atoms with Gasteiger partial charge in [-0.25, -0.2) is 0 Å². The SMILES string of the molecule is CNC(Cc1ccccc1Br)c1cc(C)cc(C)c1. The fourth-order valence-electron chi connectivity index (χ4n) is 2.48. The van der Waals surface area contributed by atoms with E-state index < -0.39 is 0 Å². The van der Waals surface area contributed by atoms with Gasteiger partial charge in [0.2, 0.25) is 0 Å². The monoisotopic (exact) mass is 317 g/mol. The summed E-state index contributed by atoms with van der Waals surface area (Å²) >= 11 is 3.63. The van der Waals surface area contributed by atoms with E-state index in [0.717, 1.165) is 6.42 Å². The molecular weight excluding hydrogens is 298 g/mol. The lowest BCUT2D eigenvalue weighted by molar-refractivity contribution is 0.590. The summed E-state index contributed by atoms with van der Waals surface area (Å²) in [4.78, 5) is 0.